The van der Waals surface area contributed by atoms with Gasteiger partial charge in [0.25, 0.3) is 0 Å². The van der Waals surface area contributed by atoms with Crippen LogP contribution >= 0.6 is 11.3 Å². The molecule has 2 aromatic carbocycles. The number of nitrogens with zero attached hydrogens (tertiary/aromatic N) is 1. The molecule has 146 valence electrons. The van der Waals surface area contributed by atoms with Gasteiger partial charge in [0.2, 0.25) is 5.91 Å². The second kappa shape index (κ2) is 10.6. The monoisotopic (exact) mass is 394 g/mol. The summed E-state index contributed by atoms with van der Waals surface area (Å²) in [5.41, 5.74) is 1.19. The first-order valence-corrected chi connectivity index (χ1v) is 10.4. The predicted octanol–water partition coefficient (Wildman–Crippen LogP) is 4.72. The van der Waals surface area contributed by atoms with Crippen molar-refractivity contribution in [1.29, 1.82) is 0 Å². The van der Waals surface area contributed by atoms with Gasteiger partial charge >= 0.3 is 0 Å². The number of carbonyl (C=O) groups is 1. The summed E-state index contributed by atoms with van der Waals surface area (Å²) in [5.74, 6) is 1.75. The quantitative estimate of drug-likeness (QED) is 0.541. The third-order valence-corrected chi connectivity index (χ3v) is 5.27. The Bertz CT molecular complexity index is 850. The molecule has 0 aliphatic heterocycles. The zero-order chi connectivity index (χ0) is 19.6. The summed E-state index contributed by atoms with van der Waals surface area (Å²) < 4.78 is 5.92. The van der Waals surface area contributed by atoms with Gasteiger partial charge in [0, 0.05) is 24.5 Å². The number of rotatable bonds is 10. The molecule has 0 atom stereocenters. The molecule has 4 nitrogen and oxygen atoms in total. The molecular weight excluding hydrogens is 368 g/mol. The fourth-order valence-electron chi connectivity index (χ4n) is 2.93. The molecule has 28 heavy (non-hydrogen) atoms. The van der Waals surface area contributed by atoms with Gasteiger partial charge in [0.15, 0.2) is 0 Å². The van der Waals surface area contributed by atoms with Crippen LogP contribution in [0, 0.1) is 0 Å². The number of benzene rings is 2. The van der Waals surface area contributed by atoms with Gasteiger partial charge in [-0.05, 0) is 47.8 Å². The SMILES string of the molecule is CCN(CCNC(=O)Cc1cccs1)Cc1cccc(Oc2ccccc2)c1. The topological polar surface area (TPSA) is 41.6 Å². The van der Waals surface area contributed by atoms with Crippen LogP contribution < -0.4 is 10.1 Å². The summed E-state index contributed by atoms with van der Waals surface area (Å²) >= 11 is 1.62. The smallest absolute Gasteiger partial charge is 0.225 e. The van der Waals surface area contributed by atoms with E-state index >= 15 is 0 Å². The maximum atomic E-state index is 12.0. The fourth-order valence-corrected chi connectivity index (χ4v) is 3.63. The van der Waals surface area contributed by atoms with E-state index in [1.807, 2.05) is 60.0 Å². The minimum absolute atomic E-state index is 0.0803. The Morgan fingerprint density at radius 1 is 1.04 bits per heavy atom. The summed E-state index contributed by atoms with van der Waals surface area (Å²) in [6, 6.07) is 21.9. The molecule has 0 aliphatic rings. The number of para-hydroxylation sites is 1. The zero-order valence-corrected chi connectivity index (χ0v) is 17.0. The van der Waals surface area contributed by atoms with Crippen LogP contribution in [0.5, 0.6) is 11.5 Å². The van der Waals surface area contributed by atoms with Crippen LogP contribution in [0.2, 0.25) is 0 Å². The minimum atomic E-state index is 0.0803. The van der Waals surface area contributed by atoms with E-state index in [9.17, 15) is 4.79 Å². The molecule has 0 unspecified atom stereocenters. The lowest BCUT2D eigenvalue weighted by atomic mass is 10.2. The number of hydrogen-bond donors (Lipinski definition) is 1. The van der Waals surface area contributed by atoms with E-state index in [4.69, 9.17) is 4.74 Å². The maximum absolute atomic E-state index is 12.0. The molecule has 0 saturated heterocycles. The highest BCUT2D eigenvalue weighted by Crippen LogP contribution is 2.22. The van der Waals surface area contributed by atoms with E-state index in [-0.39, 0.29) is 5.91 Å². The summed E-state index contributed by atoms with van der Waals surface area (Å²) in [6.45, 7) is 5.35. The molecule has 3 rings (SSSR count). The molecule has 3 aromatic rings. The van der Waals surface area contributed by atoms with Crippen molar-refractivity contribution in [2.75, 3.05) is 19.6 Å². The van der Waals surface area contributed by atoms with Crippen molar-refractivity contribution in [1.82, 2.24) is 10.2 Å². The van der Waals surface area contributed by atoms with Crippen LogP contribution in [0.15, 0.2) is 72.1 Å². The first kappa shape index (κ1) is 20.1. The Hall–Kier alpha value is -2.63. The molecule has 0 fully saturated rings. The first-order chi connectivity index (χ1) is 13.7. The first-order valence-electron chi connectivity index (χ1n) is 9.56. The number of ether oxygens (including phenoxy) is 1. The van der Waals surface area contributed by atoms with E-state index in [0.717, 1.165) is 36.0 Å². The largest absolute Gasteiger partial charge is 0.457 e. The lowest BCUT2D eigenvalue weighted by Gasteiger charge is -2.21. The van der Waals surface area contributed by atoms with Crippen molar-refractivity contribution >= 4 is 17.2 Å². The number of thiophene rings is 1. The molecule has 1 amide bonds. The number of nitrogens with one attached hydrogen (secondary N) is 1. The highest BCUT2D eigenvalue weighted by molar-refractivity contribution is 7.10. The van der Waals surface area contributed by atoms with Crippen LogP contribution in [0.4, 0.5) is 0 Å². The standard InChI is InChI=1S/C23H26N2O2S/c1-2-25(14-13-24-23(26)17-22-12-7-15-28-22)18-19-8-6-11-21(16-19)27-20-9-4-3-5-10-20/h3-12,15-16H,2,13-14,17-18H2,1H3,(H,24,26). The molecule has 0 aliphatic carbocycles. The molecule has 1 N–H and O–H groups in total. The van der Waals surface area contributed by atoms with E-state index in [1.165, 1.54) is 5.56 Å². The van der Waals surface area contributed by atoms with E-state index in [1.54, 1.807) is 11.3 Å². The van der Waals surface area contributed by atoms with E-state index in [2.05, 4.69) is 29.3 Å². The van der Waals surface area contributed by atoms with Crippen LogP contribution in [-0.2, 0) is 17.8 Å². The van der Waals surface area contributed by atoms with Gasteiger partial charge in [-0.3, -0.25) is 9.69 Å². The minimum Gasteiger partial charge on any atom is -0.457 e. The Morgan fingerprint density at radius 3 is 2.61 bits per heavy atom. The van der Waals surface area contributed by atoms with Gasteiger partial charge in [0.1, 0.15) is 11.5 Å². The van der Waals surface area contributed by atoms with Gasteiger partial charge in [0.05, 0.1) is 6.42 Å². The summed E-state index contributed by atoms with van der Waals surface area (Å²) in [7, 11) is 0. The van der Waals surface area contributed by atoms with Crippen molar-refractivity contribution in [3.63, 3.8) is 0 Å². The van der Waals surface area contributed by atoms with Crippen molar-refractivity contribution in [2.24, 2.45) is 0 Å². The highest BCUT2D eigenvalue weighted by atomic mass is 32.1. The van der Waals surface area contributed by atoms with Crippen molar-refractivity contribution in [2.45, 2.75) is 19.9 Å². The van der Waals surface area contributed by atoms with Crippen LogP contribution in [0.1, 0.15) is 17.4 Å². The molecule has 0 radical (unpaired) electrons. The number of hydrogen-bond acceptors (Lipinski definition) is 4. The molecule has 0 saturated carbocycles. The maximum Gasteiger partial charge on any atom is 0.225 e. The fraction of sp³-hybridized carbons (Fsp3) is 0.261. The Kier molecular flexibility index (Phi) is 7.64. The van der Waals surface area contributed by atoms with Gasteiger partial charge in [-0.1, -0.05) is 43.3 Å². The van der Waals surface area contributed by atoms with Gasteiger partial charge in [-0.25, -0.2) is 0 Å². The van der Waals surface area contributed by atoms with Crippen LogP contribution in [0.25, 0.3) is 0 Å². The second-order valence-electron chi connectivity index (χ2n) is 6.54. The molecule has 0 spiro atoms. The number of likely N-dealkylation sites (N-methyl/N-ethyl adjacent to an activating group) is 1. The Labute approximate surface area is 170 Å². The lowest BCUT2D eigenvalue weighted by Crippen LogP contribution is -2.35. The Morgan fingerprint density at radius 2 is 1.86 bits per heavy atom. The average molecular weight is 395 g/mol. The lowest BCUT2D eigenvalue weighted by molar-refractivity contribution is -0.120. The highest BCUT2D eigenvalue weighted by Gasteiger charge is 2.08. The van der Waals surface area contributed by atoms with Crippen molar-refractivity contribution in [3.8, 4) is 11.5 Å². The summed E-state index contributed by atoms with van der Waals surface area (Å²) in [5, 5.41) is 5.01. The second-order valence-corrected chi connectivity index (χ2v) is 7.57. The predicted molar refractivity (Wildman–Crippen MR) is 115 cm³/mol. The third kappa shape index (κ3) is 6.51. The van der Waals surface area contributed by atoms with Gasteiger partial charge in [-0.15, -0.1) is 11.3 Å². The molecule has 1 aromatic heterocycles. The number of amides is 1. The van der Waals surface area contributed by atoms with E-state index < -0.39 is 0 Å². The van der Waals surface area contributed by atoms with Crippen molar-refractivity contribution in [3.05, 3.63) is 82.6 Å². The van der Waals surface area contributed by atoms with Crippen LogP contribution in [-0.4, -0.2) is 30.4 Å². The van der Waals surface area contributed by atoms with Gasteiger partial charge < -0.3 is 10.1 Å². The zero-order valence-electron chi connectivity index (χ0n) is 16.1. The Balaban J connectivity index is 1.47. The average Bonchev–Trinajstić information content (AvgIpc) is 3.21. The van der Waals surface area contributed by atoms with Crippen molar-refractivity contribution < 1.29 is 9.53 Å². The van der Waals surface area contributed by atoms with Gasteiger partial charge in [-0.2, -0.15) is 0 Å². The number of carbonyl (C=O) groups excluding carboxylic acids is 1. The normalized spacial score (nSPS) is 10.8. The van der Waals surface area contributed by atoms with E-state index in [0.29, 0.717) is 13.0 Å². The van der Waals surface area contributed by atoms with Crippen LogP contribution in [0.3, 0.4) is 0 Å². The third-order valence-electron chi connectivity index (χ3n) is 4.40. The summed E-state index contributed by atoms with van der Waals surface area (Å²) in [6.07, 6.45) is 0.461. The molecule has 5 heteroatoms. The molecule has 0 bridgehead atoms. The summed E-state index contributed by atoms with van der Waals surface area (Å²) in [4.78, 5) is 15.4. The molecule has 1 heterocycles. The molecular formula is C23H26N2O2S.